The molecule has 0 saturated carbocycles. The topological polar surface area (TPSA) is 20.2 Å². The molecule has 0 spiro atoms. The van der Waals surface area contributed by atoms with Crippen molar-refractivity contribution in [3.05, 3.63) is 23.3 Å². The molecule has 0 amide bonds. The SMILES string of the molecule is CC(C)(C)C1=CC(C)(C(C)(C)C)C=C(C(C)(C)C)C1O. The average molecular weight is 278 g/mol. The molecular formula is C19H34O. The first-order valence-corrected chi connectivity index (χ1v) is 7.74. The fraction of sp³-hybridized carbons (Fsp3) is 0.789. The molecule has 1 aliphatic carbocycles. The van der Waals surface area contributed by atoms with Gasteiger partial charge in [0.25, 0.3) is 0 Å². The van der Waals surface area contributed by atoms with Gasteiger partial charge in [0, 0.05) is 5.41 Å². The lowest BCUT2D eigenvalue weighted by Crippen LogP contribution is -2.40. The number of rotatable bonds is 0. The van der Waals surface area contributed by atoms with Crippen molar-refractivity contribution in [2.24, 2.45) is 21.7 Å². The Bertz CT molecular complexity index is 398. The summed E-state index contributed by atoms with van der Waals surface area (Å²) >= 11 is 0. The van der Waals surface area contributed by atoms with Gasteiger partial charge in [0.1, 0.15) is 0 Å². The van der Waals surface area contributed by atoms with E-state index in [0.717, 1.165) is 11.1 Å². The summed E-state index contributed by atoms with van der Waals surface area (Å²) in [6.07, 6.45) is 4.17. The zero-order valence-electron chi connectivity index (χ0n) is 15.2. The minimum atomic E-state index is -0.453. The summed E-state index contributed by atoms with van der Waals surface area (Å²) in [6.45, 7) is 22.3. The maximum Gasteiger partial charge on any atom is 0.0971 e. The second kappa shape index (κ2) is 4.73. The van der Waals surface area contributed by atoms with E-state index >= 15 is 0 Å². The second-order valence-corrected chi connectivity index (χ2v) is 9.63. The largest absolute Gasteiger partial charge is 0.384 e. The molecule has 1 heteroatoms. The third-order valence-corrected chi connectivity index (χ3v) is 4.85. The van der Waals surface area contributed by atoms with Crippen LogP contribution in [0.4, 0.5) is 0 Å². The predicted molar refractivity (Wildman–Crippen MR) is 88.6 cm³/mol. The van der Waals surface area contributed by atoms with E-state index in [9.17, 15) is 5.11 Å². The molecule has 0 saturated heterocycles. The Morgan fingerprint density at radius 2 is 1.10 bits per heavy atom. The van der Waals surface area contributed by atoms with Gasteiger partial charge in [-0.1, -0.05) is 81.4 Å². The molecule has 0 aromatic heterocycles. The van der Waals surface area contributed by atoms with Crippen molar-refractivity contribution < 1.29 is 5.11 Å². The highest BCUT2D eigenvalue weighted by molar-refractivity contribution is 5.40. The van der Waals surface area contributed by atoms with Crippen LogP contribution in [0.3, 0.4) is 0 Å². The van der Waals surface area contributed by atoms with E-state index in [1.54, 1.807) is 0 Å². The number of hydrogen-bond acceptors (Lipinski definition) is 1. The van der Waals surface area contributed by atoms with E-state index < -0.39 is 6.10 Å². The van der Waals surface area contributed by atoms with Gasteiger partial charge in [0.15, 0.2) is 0 Å². The Labute approximate surface area is 126 Å². The Morgan fingerprint density at radius 3 is 1.30 bits per heavy atom. The molecule has 1 N–H and O–H groups in total. The van der Waals surface area contributed by atoms with Gasteiger partial charge in [-0.25, -0.2) is 0 Å². The fourth-order valence-corrected chi connectivity index (χ4v) is 2.70. The van der Waals surface area contributed by atoms with E-state index in [1.165, 1.54) is 0 Å². The summed E-state index contributed by atoms with van der Waals surface area (Å²) in [6, 6.07) is 0. The number of hydrogen-bond donors (Lipinski definition) is 1. The Balaban J connectivity index is 3.53. The Hall–Kier alpha value is -0.560. The predicted octanol–water partition coefficient (Wildman–Crippen LogP) is 5.36. The normalized spacial score (nSPS) is 29.1. The lowest BCUT2D eigenvalue weighted by molar-refractivity contribution is 0.158. The van der Waals surface area contributed by atoms with Crippen molar-refractivity contribution >= 4 is 0 Å². The monoisotopic (exact) mass is 278 g/mol. The quantitative estimate of drug-likeness (QED) is 0.591. The van der Waals surface area contributed by atoms with Crippen molar-refractivity contribution in [3.63, 3.8) is 0 Å². The van der Waals surface area contributed by atoms with E-state index in [1.807, 2.05) is 0 Å². The summed E-state index contributed by atoms with van der Waals surface area (Å²) in [5, 5.41) is 10.9. The molecule has 0 heterocycles. The van der Waals surface area contributed by atoms with Crippen LogP contribution in [0.1, 0.15) is 69.2 Å². The second-order valence-electron chi connectivity index (χ2n) is 9.63. The van der Waals surface area contributed by atoms with Gasteiger partial charge in [0.05, 0.1) is 6.10 Å². The minimum Gasteiger partial charge on any atom is -0.384 e. The molecule has 0 bridgehead atoms. The van der Waals surface area contributed by atoms with E-state index in [0.29, 0.717) is 0 Å². The van der Waals surface area contributed by atoms with Crippen LogP contribution in [0.25, 0.3) is 0 Å². The molecule has 0 atom stereocenters. The molecule has 1 rings (SSSR count). The summed E-state index contributed by atoms with van der Waals surface area (Å²) in [5.41, 5.74) is 2.37. The van der Waals surface area contributed by atoms with Gasteiger partial charge in [-0.3, -0.25) is 0 Å². The molecule has 0 aromatic rings. The van der Waals surface area contributed by atoms with E-state index in [2.05, 4.69) is 81.4 Å². The third-order valence-electron chi connectivity index (χ3n) is 4.85. The Morgan fingerprint density at radius 1 is 0.800 bits per heavy atom. The lowest BCUT2D eigenvalue weighted by atomic mass is 9.59. The molecule has 20 heavy (non-hydrogen) atoms. The summed E-state index contributed by atoms with van der Waals surface area (Å²) in [7, 11) is 0. The van der Waals surface area contributed by atoms with Crippen LogP contribution in [0.2, 0.25) is 0 Å². The molecule has 0 aromatic carbocycles. The zero-order valence-corrected chi connectivity index (χ0v) is 15.2. The van der Waals surface area contributed by atoms with E-state index in [4.69, 9.17) is 0 Å². The van der Waals surface area contributed by atoms with Gasteiger partial charge < -0.3 is 5.11 Å². The van der Waals surface area contributed by atoms with Crippen LogP contribution in [-0.4, -0.2) is 11.2 Å². The third kappa shape index (κ3) is 3.19. The van der Waals surface area contributed by atoms with Crippen molar-refractivity contribution in [1.82, 2.24) is 0 Å². The standard InChI is InChI=1S/C19H34O/c1-16(2,3)13-11-19(10,18(7,8)9)12-14(15(13)20)17(4,5)6/h11-12,15,20H,1-10H3. The van der Waals surface area contributed by atoms with Crippen molar-refractivity contribution in [1.29, 1.82) is 0 Å². The number of aliphatic hydroxyl groups excluding tert-OH is 1. The van der Waals surface area contributed by atoms with Crippen LogP contribution in [0, 0.1) is 21.7 Å². The average Bonchev–Trinajstić information content (AvgIpc) is 2.16. The highest BCUT2D eigenvalue weighted by atomic mass is 16.3. The first kappa shape index (κ1) is 17.5. The van der Waals surface area contributed by atoms with E-state index in [-0.39, 0.29) is 21.7 Å². The van der Waals surface area contributed by atoms with Gasteiger partial charge in [0.2, 0.25) is 0 Å². The first-order chi connectivity index (χ1) is 8.59. The highest BCUT2D eigenvalue weighted by Gasteiger charge is 2.43. The maximum absolute atomic E-state index is 10.9. The summed E-state index contributed by atoms with van der Waals surface area (Å²) < 4.78 is 0. The molecule has 0 fully saturated rings. The highest BCUT2D eigenvalue weighted by Crippen LogP contribution is 2.51. The molecule has 0 aliphatic heterocycles. The van der Waals surface area contributed by atoms with Crippen LogP contribution in [0.15, 0.2) is 23.3 Å². The maximum atomic E-state index is 10.9. The molecular weight excluding hydrogens is 244 g/mol. The lowest BCUT2D eigenvalue weighted by Gasteiger charge is -2.47. The van der Waals surface area contributed by atoms with Crippen LogP contribution in [-0.2, 0) is 0 Å². The number of aliphatic hydroxyl groups is 1. The number of allylic oxidation sites excluding steroid dienone is 2. The van der Waals surface area contributed by atoms with Gasteiger partial charge in [-0.15, -0.1) is 0 Å². The van der Waals surface area contributed by atoms with Crippen molar-refractivity contribution in [3.8, 4) is 0 Å². The van der Waals surface area contributed by atoms with Crippen molar-refractivity contribution in [2.45, 2.75) is 75.3 Å². The van der Waals surface area contributed by atoms with Gasteiger partial charge >= 0.3 is 0 Å². The van der Waals surface area contributed by atoms with Gasteiger partial charge in [-0.05, 0) is 27.4 Å². The molecule has 116 valence electrons. The van der Waals surface area contributed by atoms with Crippen LogP contribution >= 0.6 is 0 Å². The minimum absolute atomic E-state index is 0.0172. The van der Waals surface area contributed by atoms with Crippen LogP contribution < -0.4 is 0 Å². The van der Waals surface area contributed by atoms with Gasteiger partial charge in [-0.2, -0.15) is 0 Å². The van der Waals surface area contributed by atoms with Crippen LogP contribution in [0.5, 0.6) is 0 Å². The zero-order chi connectivity index (χ0) is 16.1. The Kier molecular flexibility index (Phi) is 4.14. The molecule has 0 radical (unpaired) electrons. The first-order valence-electron chi connectivity index (χ1n) is 7.74. The smallest absolute Gasteiger partial charge is 0.0971 e. The molecule has 1 nitrogen and oxygen atoms in total. The van der Waals surface area contributed by atoms with Crippen molar-refractivity contribution in [2.75, 3.05) is 0 Å². The summed E-state index contributed by atoms with van der Waals surface area (Å²) in [5.74, 6) is 0. The molecule has 1 aliphatic rings. The summed E-state index contributed by atoms with van der Waals surface area (Å²) in [4.78, 5) is 0. The fourth-order valence-electron chi connectivity index (χ4n) is 2.70. The molecule has 0 unspecified atom stereocenters.